The third kappa shape index (κ3) is 7.67. The van der Waals surface area contributed by atoms with Crippen molar-refractivity contribution in [3.05, 3.63) is 0 Å². The third-order valence-corrected chi connectivity index (χ3v) is 3.26. The lowest BCUT2D eigenvalue weighted by atomic mass is 10.1. The van der Waals surface area contributed by atoms with E-state index in [4.69, 9.17) is 0 Å². The van der Waals surface area contributed by atoms with E-state index >= 15 is 0 Å². The molecule has 2 unspecified atom stereocenters. The number of ether oxygens (including phenoxy) is 1. The van der Waals surface area contributed by atoms with Gasteiger partial charge in [0.1, 0.15) is 0 Å². The number of halogens is 1. The van der Waals surface area contributed by atoms with Crippen molar-refractivity contribution < 1.29 is 19.4 Å². The van der Waals surface area contributed by atoms with Crippen molar-refractivity contribution in [3.63, 3.8) is 0 Å². The first-order chi connectivity index (χ1) is 9.13. The molecule has 20 heavy (non-hydrogen) atoms. The summed E-state index contributed by atoms with van der Waals surface area (Å²) in [5, 5.41) is 15.1. The molecule has 0 aromatic heterocycles. The number of amides is 1. The van der Waals surface area contributed by atoms with E-state index in [0.717, 1.165) is 25.7 Å². The van der Waals surface area contributed by atoms with Crippen LogP contribution < -0.4 is 10.6 Å². The van der Waals surface area contributed by atoms with Crippen LogP contribution in [0.15, 0.2) is 0 Å². The third-order valence-electron chi connectivity index (χ3n) is 3.26. The molecule has 1 saturated heterocycles. The Bertz CT molecular complexity index is 302. The molecule has 1 aliphatic heterocycles. The number of nitrogens with one attached hydrogen (secondary N) is 2. The number of hydrogen-bond donors (Lipinski definition) is 3. The first kappa shape index (κ1) is 19.1. The SMILES string of the molecule is COC(=O)CCCCCCNC(=O)C1CC(O)CN1.Cl. The van der Waals surface area contributed by atoms with Crippen LogP contribution in [0, 0.1) is 0 Å². The maximum absolute atomic E-state index is 11.7. The first-order valence-corrected chi connectivity index (χ1v) is 6.89. The largest absolute Gasteiger partial charge is 0.469 e. The minimum Gasteiger partial charge on any atom is -0.469 e. The summed E-state index contributed by atoms with van der Waals surface area (Å²) in [7, 11) is 1.39. The fourth-order valence-electron chi connectivity index (χ4n) is 2.10. The lowest BCUT2D eigenvalue weighted by Gasteiger charge is -2.10. The Balaban J connectivity index is 0.00000361. The maximum Gasteiger partial charge on any atom is 0.305 e. The fraction of sp³-hybridized carbons (Fsp3) is 0.846. The van der Waals surface area contributed by atoms with Crippen LogP contribution in [-0.2, 0) is 14.3 Å². The zero-order valence-electron chi connectivity index (χ0n) is 11.9. The molecule has 1 rings (SSSR count). The van der Waals surface area contributed by atoms with Gasteiger partial charge < -0.3 is 20.5 Å². The summed E-state index contributed by atoms with van der Waals surface area (Å²) >= 11 is 0. The number of carbonyl (C=O) groups is 2. The lowest BCUT2D eigenvalue weighted by Crippen LogP contribution is -2.40. The van der Waals surface area contributed by atoms with Crippen molar-refractivity contribution in [2.24, 2.45) is 0 Å². The monoisotopic (exact) mass is 308 g/mol. The van der Waals surface area contributed by atoms with Gasteiger partial charge in [0.15, 0.2) is 0 Å². The van der Waals surface area contributed by atoms with Crippen molar-refractivity contribution in [1.29, 1.82) is 0 Å². The molecule has 2 atom stereocenters. The molecule has 0 aromatic rings. The number of aliphatic hydroxyl groups excluding tert-OH is 1. The molecule has 1 fully saturated rings. The van der Waals surface area contributed by atoms with Gasteiger partial charge in [-0.1, -0.05) is 12.8 Å². The normalized spacial score (nSPS) is 21.1. The summed E-state index contributed by atoms with van der Waals surface area (Å²) in [6.45, 7) is 1.14. The number of hydrogen-bond acceptors (Lipinski definition) is 5. The van der Waals surface area contributed by atoms with Crippen molar-refractivity contribution in [2.45, 2.75) is 50.7 Å². The predicted molar refractivity (Wildman–Crippen MR) is 77.8 cm³/mol. The molecule has 1 heterocycles. The number of β-amino-alcohol motifs (C(OH)–C–C–N with tert-alkyl or cyclic N) is 1. The van der Waals surface area contributed by atoms with Gasteiger partial charge in [-0.25, -0.2) is 0 Å². The predicted octanol–water partition coefficient (Wildman–Crippen LogP) is 0.371. The van der Waals surface area contributed by atoms with Crippen LogP contribution in [0.1, 0.15) is 38.5 Å². The maximum atomic E-state index is 11.7. The van der Waals surface area contributed by atoms with E-state index in [9.17, 15) is 14.7 Å². The van der Waals surface area contributed by atoms with E-state index < -0.39 is 6.10 Å². The van der Waals surface area contributed by atoms with Gasteiger partial charge in [-0.2, -0.15) is 0 Å². The number of methoxy groups -OCH3 is 1. The van der Waals surface area contributed by atoms with Crippen molar-refractivity contribution >= 4 is 24.3 Å². The molecule has 0 bridgehead atoms. The van der Waals surface area contributed by atoms with Crippen LogP contribution in [0.25, 0.3) is 0 Å². The quantitative estimate of drug-likeness (QED) is 0.445. The average Bonchev–Trinajstić information content (AvgIpc) is 2.83. The van der Waals surface area contributed by atoms with Gasteiger partial charge in [-0.05, 0) is 19.3 Å². The second-order valence-electron chi connectivity index (χ2n) is 4.88. The molecule has 6 nitrogen and oxygen atoms in total. The van der Waals surface area contributed by atoms with E-state index in [-0.39, 0.29) is 30.3 Å². The van der Waals surface area contributed by atoms with Gasteiger partial charge in [-0.3, -0.25) is 9.59 Å². The van der Waals surface area contributed by atoms with Crippen LogP contribution in [0.3, 0.4) is 0 Å². The highest BCUT2D eigenvalue weighted by molar-refractivity contribution is 5.85. The van der Waals surface area contributed by atoms with E-state index in [1.807, 2.05) is 0 Å². The van der Waals surface area contributed by atoms with Gasteiger partial charge in [0, 0.05) is 19.5 Å². The number of carbonyl (C=O) groups excluding carboxylic acids is 2. The van der Waals surface area contributed by atoms with E-state index in [1.165, 1.54) is 7.11 Å². The first-order valence-electron chi connectivity index (χ1n) is 6.89. The van der Waals surface area contributed by atoms with Crippen molar-refractivity contribution in [2.75, 3.05) is 20.2 Å². The molecule has 0 saturated carbocycles. The minimum absolute atomic E-state index is 0. The van der Waals surface area contributed by atoms with Gasteiger partial charge in [0.25, 0.3) is 0 Å². The minimum atomic E-state index is -0.408. The Morgan fingerprint density at radius 3 is 2.60 bits per heavy atom. The van der Waals surface area contributed by atoms with Crippen LogP contribution in [0.4, 0.5) is 0 Å². The fourth-order valence-corrected chi connectivity index (χ4v) is 2.10. The van der Waals surface area contributed by atoms with E-state index in [2.05, 4.69) is 15.4 Å². The summed E-state index contributed by atoms with van der Waals surface area (Å²) in [6.07, 6.45) is 4.23. The molecule has 1 amide bonds. The van der Waals surface area contributed by atoms with Crippen molar-refractivity contribution in [3.8, 4) is 0 Å². The number of unbranched alkanes of at least 4 members (excludes halogenated alkanes) is 3. The number of esters is 1. The van der Waals surface area contributed by atoms with Gasteiger partial charge >= 0.3 is 5.97 Å². The Morgan fingerprint density at radius 2 is 2.00 bits per heavy atom. The number of rotatable bonds is 8. The van der Waals surface area contributed by atoms with Crippen LogP contribution in [-0.4, -0.2) is 49.3 Å². The molecule has 0 spiro atoms. The average molecular weight is 309 g/mol. The molecular weight excluding hydrogens is 284 g/mol. The second-order valence-corrected chi connectivity index (χ2v) is 4.88. The standard InChI is InChI=1S/C13H24N2O4.ClH/c1-19-12(17)6-4-2-3-5-7-14-13(18)11-8-10(16)9-15-11;/h10-11,15-16H,2-9H2,1H3,(H,14,18);1H. The topological polar surface area (TPSA) is 87.7 Å². The second kappa shape index (κ2) is 10.9. The summed E-state index contributed by atoms with van der Waals surface area (Å²) in [6, 6.07) is -0.255. The van der Waals surface area contributed by atoms with E-state index in [0.29, 0.717) is 25.9 Å². The Morgan fingerprint density at radius 1 is 1.30 bits per heavy atom. The van der Waals surface area contributed by atoms with Gasteiger partial charge in [-0.15, -0.1) is 12.4 Å². The van der Waals surface area contributed by atoms with Crippen LogP contribution in [0.5, 0.6) is 0 Å². The van der Waals surface area contributed by atoms with Gasteiger partial charge in [0.05, 0.1) is 19.3 Å². The van der Waals surface area contributed by atoms with Crippen molar-refractivity contribution in [1.82, 2.24) is 10.6 Å². The molecule has 0 radical (unpaired) electrons. The number of aliphatic hydroxyl groups is 1. The Labute approximate surface area is 126 Å². The van der Waals surface area contributed by atoms with Gasteiger partial charge in [0.2, 0.25) is 5.91 Å². The Hall–Kier alpha value is -0.850. The zero-order valence-corrected chi connectivity index (χ0v) is 12.7. The molecule has 3 N–H and O–H groups in total. The molecule has 1 aliphatic rings. The molecule has 7 heteroatoms. The molecular formula is C13H25ClN2O4. The highest BCUT2D eigenvalue weighted by Gasteiger charge is 2.27. The molecule has 0 aromatic carbocycles. The summed E-state index contributed by atoms with van der Waals surface area (Å²) in [4.78, 5) is 22.5. The smallest absolute Gasteiger partial charge is 0.305 e. The highest BCUT2D eigenvalue weighted by Crippen LogP contribution is 2.06. The summed E-state index contributed by atoms with van der Waals surface area (Å²) in [5.74, 6) is -0.203. The molecule has 118 valence electrons. The van der Waals surface area contributed by atoms with Crippen LogP contribution >= 0.6 is 12.4 Å². The lowest BCUT2D eigenvalue weighted by molar-refractivity contribution is -0.140. The highest BCUT2D eigenvalue weighted by atomic mass is 35.5. The Kier molecular flexibility index (Phi) is 10.4. The summed E-state index contributed by atoms with van der Waals surface area (Å²) in [5.41, 5.74) is 0. The van der Waals surface area contributed by atoms with E-state index in [1.54, 1.807) is 0 Å². The summed E-state index contributed by atoms with van der Waals surface area (Å²) < 4.78 is 4.55. The zero-order chi connectivity index (χ0) is 14.1. The van der Waals surface area contributed by atoms with Crippen LogP contribution in [0.2, 0.25) is 0 Å². The molecule has 0 aliphatic carbocycles.